The molecule has 4 nitrogen and oxygen atoms in total. The van der Waals surface area contributed by atoms with Gasteiger partial charge in [-0.25, -0.2) is 0 Å². The molecule has 1 amide bonds. The van der Waals surface area contributed by atoms with E-state index in [4.69, 9.17) is 0 Å². The van der Waals surface area contributed by atoms with Crippen molar-refractivity contribution < 1.29 is 4.79 Å². The normalized spacial score (nSPS) is 23.3. The van der Waals surface area contributed by atoms with Crippen LogP contribution in [0.5, 0.6) is 0 Å². The van der Waals surface area contributed by atoms with E-state index in [1.807, 2.05) is 23.1 Å². The van der Waals surface area contributed by atoms with Crippen LogP contribution in [-0.2, 0) is 0 Å². The number of carbonyl (C=O) groups excluding carboxylic acids is 1. The predicted molar refractivity (Wildman–Crippen MR) is 108 cm³/mol. The summed E-state index contributed by atoms with van der Waals surface area (Å²) in [4.78, 5) is 21.4. The number of aromatic nitrogens is 1. The Morgan fingerprint density at radius 2 is 1.89 bits per heavy atom. The van der Waals surface area contributed by atoms with E-state index in [1.54, 1.807) is 12.4 Å². The number of rotatable bonds is 4. The quantitative estimate of drug-likeness (QED) is 0.833. The van der Waals surface area contributed by atoms with Crippen molar-refractivity contribution in [2.75, 3.05) is 26.2 Å². The number of pyridine rings is 1. The highest BCUT2D eigenvalue weighted by Gasteiger charge is 2.36. The van der Waals surface area contributed by atoms with Gasteiger partial charge in [-0.2, -0.15) is 0 Å². The van der Waals surface area contributed by atoms with Gasteiger partial charge in [-0.3, -0.25) is 14.7 Å². The summed E-state index contributed by atoms with van der Waals surface area (Å²) in [5.74, 6) is 0.736. The summed E-state index contributed by atoms with van der Waals surface area (Å²) in [7, 11) is 0. The topological polar surface area (TPSA) is 36.4 Å². The standard InChI is InChI=1S/C23H27N3O/c27-23(20-10-13-24-14-11-20)26-17-12-22-21(18-26)9-5-16-25(22)15-4-8-19-6-2-1-3-7-19/h1-4,6-8,10-11,13-14,21-22H,5,9,12,15-18H2/b8-4+/t21-,22-/m1/s1. The highest BCUT2D eigenvalue weighted by atomic mass is 16.2. The largest absolute Gasteiger partial charge is 0.338 e. The second-order valence-corrected chi connectivity index (χ2v) is 7.55. The predicted octanol–water partition coefficient (Wildman–Crippen LogP) is 3.72. The van der Waals surface area contributed by atoms with Crippen LogP contribution < -0.4 is 0 Å². The molecule has 0 unspecified atom stereocenters. The average molecular weight is 361 g/mol. The molecule has 2 aromatic rings. The lowest BCUT2D eigenvalue weighted by atomic mass is 9.83. The summed E-state index contributed by atoms with van der Waals surface area (Å²) in [5.41, 5.74) is 2.01. The molecule has 3 heterocycles. The van der Waals surface area contributed by atoms with E-state index < -0.39 is 0 Å². The molecule has 0 bridgehead atoms. The summed E-state index contributed by atoms with van der Waals surface area (Å²) in [6.45, 7) is 3.89. The van der Waals surface area contributed by atoms with Crippen LogP contribution >= 0.6 is 0 Å². The lowest BCUT2D eigenvalue weighted by Gasteiger charge is -2.47. The minimum atomic E-state index is 0.150. The van der Waals surface area contributed by atoms with Crippen LogP contribution in [0.3, 0.4) is 0 Å². The molecule has 4 heteroatoms. The molecule has 1 aromatic heterocycles. The van der Waals surface area contributed by atoms with Crippen molar-refractivity contribution in [3.05, 3.63) is 72.1 Å². The van der Waals surface area contributed by atoms with Crippen molar-refractivity contribution in [1.82, 2.24) is 14.8 Å². The molecule has 0 radical (unpaired) electrons. The van der Waals surface area contributed by atoms with Crippen LogP contribution in [-0.4, -0.2) is 52.9 Å². The Hall–Kier alpha value is -2.46. The average Bonchev–Trinajstić information content (AvgIpc) is 2.74. The zero-order chi connectivity index (χ0) is 18.5. The third kappa shape index (κ3) is 4.28. The third-order valence-corrected chi connectivity index (χ3v) is 5.85. The second kappa shape index (κ2) is 8.49. The first-order valence-electron chi connectivity index (χ1n) is 9.96. The monoisotopic (exact) mass is 361 g/mol. The molecule has 0 spiro atoms. The first-order valence-corrected chi connectivity index (χ1v) is 9.96. The Kier molecular flexibility index (Phi) is 5.64. The smallest absolute Gasteiger partial charge is 0.253 e. The van der Waals surface area contributed by atoms with E-state index in [0.717, 1.165) is 31.6 Å². The van der Waals surface area contributed by atoms with Crippen LogP contribution in [0.1, 0.15) is 35.2 Å². The molecule has 2 saturated heterocycles. The molecule has 140 valence electrons. The Morgan fingerprint density at radius 1 is 1.07 bits per heavy atom. The minimum Gasteiger partial charge on any atom is -0.338 e. The summed E-state index contributed by atoms with van der Waals surface area (Å²) < 4.78 is 0. The number of likely N-dealkylation sites (tertiary alicyclic amines) is 2. The lowest BCUT2D eigenvalue weighted by molar-refractivity contribution is 0.0261. The number of nitrogens with zero attached hydrogens (tertiary/aromatic N) is 3. The Balaban J connectivity index is 1.36. The summed E-state index contributed by atoms with van der Waals surface area (Å²) in [5, 5.41) is 0. The van der Waals surface area contributed by atoms with Gasteiger partial charge in [0, 0.05) is 43.6 Å². The van der Waals surface area contributed by atoms with Gasteiger partial charge in [0.25, 0.3) is 5.91 Å². The SMILES string of the molecule is O=C(c1ccncc1)N1CC[C@@H]2[C@H](CCCN2C/C=C/c2ccccc2)C1. The van der Waals surface area contributed by atoms with Gasteiger partial charge in [0.05, 0.1) is 0 Å². The molecule has 27 heavy (non-hydrogen) atoms. The molecule has 0 N–H and O–H groups in total. The van der Waals surface area contributed by atoms with Crippen molar-refractivity contribution in [2.45, 2.75) is 25.3 Å². The summed E-state index contributed by atoms with van der Waals surface area (Å²) >= 11 is 0. The number of piperidine rings is 2. The number of benzene rings is 1. The van der Waals surface area contributed by atoms with Crippen molar-refractivity contribution in [3.8, 4) is 0 Å². The molecule has 1 aromatic carbocycles. The highest BCUT2D eigenvalue weighted by molar-refractivity contribution is 5.94. The van der Waals surface area contributed by atoms with E-state index in [1.165, 1.54) is 24.9 Å². The van der Waals surface area contributed by atoms with Crippen molar-refractivity contribution in [3.63, 3.8) is 0 Å². The van der Waals surface area contributed by atoms with Gasteiger partial charge >= 0.3 is 0 Å². The van der Waals surface area contributed by atoms with Crippen LogP contribution in [0.2, 0.25) is 0 Å². The number of hydrogen-bond acceptors (Lipinski definition) is 3. The van der Waals surface area contributed by atoms with E-state index >= 15 is 0 Å². The van der Waals surface area contributed by atoms with Gasteiger partial charge in [0.1, 0.15) is 0 Å². The maximum Gasteiger partial charge on any atom is 0.253 e. The molecule has 0 saturated carbocycles. The van der Waals surface area contributed by atoms with E-state index in [9.17, 15) is 4.79 Å². The number of amides is 1. The molecule has 2 aliphatic heterocycles. The van der Waals surface area contributed by atoms with Gasteiger partial charge in [0.2, 0.25) is 0 Å². The van der Waals surface area contributed by atoms with E-state index in [2.05, 4.69) is 46.3 Å². The number of hydrogen-bond donors (Lipinski definition) is 0. The molecule has 2 atom stereocenters. The van der Waals surface area contributed by atoms with Crippen LogP contribution in [0.25, 0.3) is 6.08 Å². The molecule has 0 aliphatic carbocycles. The first-order chi connectivity index (χ1) is 13.3. The fourth-order valence-corrected chi connectivity index (χ4v) is 4.48. The fraction of sp³-hybridized carbons (Fsp3) is 0.391. The molecule has 2 fully saturated rings. The minimum absolute atomic E-state index is 0.150. The van der Waals surface area contributed by atoms with Gasteiger partial charge in [0.15, 0.2) is 0 Å². The Bertz CT molecular complexity index is 775. The molecule has 4 rings (SSSR count). The molecular formula is C23H27N3O. The summed E-state index contributed by atoms with van der Waals surface area (Å²) in [6, 6.07) is 14.7. The van der Waals surface area contributed by atoms with Crippen molar-refractivity contribution in [2.24, 2.45) is 5.92 Å². The first kappa shape index (κ1) is 17.9. The number of fused-ring (bicyclic) bond motifs is 1. The Labute approximate surface area is 161 Å². The van der Waals surface area contributed by atoms with E-state index in [-0.39, 0.29) is 5.91 Å². The van der Waals surface area contributed by atoms with E-state index in [0.29, 0.717) is 12.0 Å². The summed E-state index contributed by atoms with van der Waals surface area (Å²) in [6.07, 6.45) is 11.4. The third-order valence-electron chi connectivity index (χ3n) is 5.85. The number of carbonyl (C=O) groups is 1. The van der Waals surface area contributed by atoms with Crippen molar-refractivity contribution in [1.29, 1.82) is 0 Å². The van der Waals surface area contributed by atoms with Crippen LogP contribution in [0.15, 0.2) is 60.9 Å². The fourth-order valence-electron chi connectivity index (χ4n) is 4.48. The van der Waals surface area contributed by atoms with Crippen LogP contribution in [0, 0.1) is 5.92 Å². The van der Waals surface area contributed by atoms with Gasteiger partial charge in [-0.15, -0.1) is 0 Å². The second-order valence-electron chi connectivity index (χ2n) is 7.55. The van der Waals surface area contributed by atoms with Gasteiger partial charge in [-0.1, -0.05) is 42.5 Å². The van der Waals surface area contributed by atoms with Gasteiger partial charge in [-0.05, 0) is 49.4 Å². The van der Waals surface area contributed by atoms with Crippen molar-refractivity contribution >= 4 is 12.0 Å². The highest BCUT2D eigenvalue weighted by Crippen LogP contribution is 2.31. The molecular weight excluding hydrogens is 334 g/mol. The van der Waals surface area contributed by atoms with Crippen LogP contribution in [0.4, 0.5) is 0 Å². The Morgan fingerprint density at radius 3 is 2.70 bits per heavy atom. The molecule has 2 aliphatic rings. The lowest BCUT2D eigenvalue weighted by Crippen LogP contribution is -2.55. The maximum absolute atomic E-state index is 12.8. The zero-order valence-corrected chi connectivity index (χ0v) is 15.7. The maximum atomic E-state index is 12.8. The van der Waals surface area contributed by atoms with Gasteiger partial charge < -0.3 is 4.90 Å². The zero-order valence-electron chi connectivity index (χ0n) is 15.7.